The summed E-state index contributed by atoms with van der Waals surface area (Å²) in [6, 6.07) is 11.7. The van der Waals surface area contributed by atoms with Gasteiger partial charge in [0, 0.05) is 41.9 Å². The van der Waals surface area contributed by atoms with Gasteiger partial charge in [0.2, 0.25) is 0 Å². The highest BCUT2D eigenvalue weighted by molar-refractivity contribution is 7.99. The van der Waals surface area contributed by atoms with Gasteiger partial charge in [0.15, 0.2) is 0 Å². The maximum absolute atomic E-state index is 13.0. The number of nitrogens with zero attached hydrogens (tertiary/aromatic N) is 3. The number of anilines is 1. The zero-order valence-electron chi connectivity index (χ0n) is 17.0. The second-order valence-electron chi connectivity index (χ2n) is 8.11. The number of pyridine rings is 1. The molecule has 3 aromatic rings. The molecule has 1 fully saturated rings. The lowest BCUT2D eigenvalue weighted by atomic mass is 10.1. The van der Waals surface area contributed by atoms with Crippen molar-refractivity contribution in [1.29, 1.82) is 0 Å². The van der Waals surface area contributed by atoms with Crippen LogP contribution in [0.2, 0.25) is 0 Å². The van der Waals surface area contributed by atoms with Gasteiger partial charge in [-0.2, -0.15) is 0 Å². The van der Waals surface area contributed by atoms with Crippen molar-refractivity contribution in [3.05, 3.63) is 60.2 Å². The highest BCUT2D eigenvalue weighted by Crippen LogP contribution is 2.35. The number of carbonyl (C=O) groups is 1. The van der Waals surface area contributed by atoms with Crippen molar-refractivity contribution in [1.82, 2.24) is 14.5 Å². The predicted octanol–water partition coefficient (Wildman–Crippen LogP) is 5.57. The number of imidazole rings is 1. The Labute approximate surface area is 181 Å². The van der Waals surface area contributed by atoms with Gasteiger partial charge in [-0.15, -0.1) is 11.8 Å². The molecule has 1 aliphatic heterocycles. The van der Waals surface area contributed by atoms with Crippen LogP contribution in [-0.4, -0.2) is 25.7 Å². The Morgan fingerprint density at radius 3 is 2.87 bits per heavy atom. The van der Waals surface area contributed by atoms with E-state index in [1.807, 2.05) is 30.3 Å². The van der Waals surface area contributed by atoms with Crippen molar-refractivity contribution < 1.29 is 4.79 Å². The molecule has 0 radical (unpaired) electrons. The van der Waals surface area contributed by atoms with Gasteiger partial charge in [-0.3, -0.25) is 4.79 Å². The summed E-state index contributed by atoms with van der Waals surface area (Å²) < 4.78 is 2.26. The molecular formula is C24H26N4OS. The SMILES string of the molecule is O=C(Nc1cccc(-c2cn3c(n2)CCCC3)c1)c1cccnc1SC1CCCC1. The van der Waals surface area contributed by atoms with E-state index in [2.05, 4.69) is 27.1 Å². The van der Waals surface area contributed by atoms with E-state index in [1.54, 1.807) is 18.0 Å². The van der Waals surface area contributed by atoms with Gasteiger partial charge >= 0.3 is 0 Å². The second kappa shape index (κ2) is 8.64. The Bertz CT molecular complexity index is 1030. The molecule has 0 saturated heterocycles. The highest BCUT2D eigenvalue weighted by atomic mass is 32.2. The molecule has 1 N–H and O–H groups in total. The van der Waals surface area contributed by atoms with E-state index in [0.29, 0.717) is 10.8 Å². The first-order valence-electron chi connectivity index (χ1n) is 10.9. The Morgan fingerprint density at radius 1 is 1.10 bits per heavy atom. The van der Waals surface area contributed by atoms with Crippen LogP contribution in [0, 0.1) is 0 Å². The summed E-state index contributed by atoms with van der Waals surface area (Å²) in [5.41, 5.74) is 3.43. The van der Waals surface area contributed by atoms with E-state index in [0.717, 1.165) is 40.8 Å². The maximum atomic E-state index is 13.0. The minimum Gasteiger partial charge on any atom is -0.334 e. The number of hydrogen-bond donors (Lipinski definition) is 1. The van der Waals surface area contributed by atoms with E-state index in [9.17, 15) is 4.79 Å². The molecule has 0 atom stereocenters. The van der Waals surface area contributed by atoms with E-state index in [-0.39, 0.29) is 5.91 Å². The molecule has 0 bridgehead atoms. The van der Waals surface area contributed by atoms with E-state index < -0.39 is 0 Å². The molecule has 2 aromatic heterocycles. The first-order valence-corrected chi connectivity index (χ1v) is 11.7. The molecule has 5 nitrogen and oxygen atoms in total. The lowest BCUT2D eigenvalue weighted by molar-refractivity contribution is 0.102. The Morgan fingerprint density at radius 2 is 2.00 bits per heavy atom. The fraction of sp³-hybridized carbons (Fsp3) is 0.375. The molecule has 3 heterocycles. The number of carbonyl (C=O) groups excluding carboxylic acids is 1. The van der Waals surface area contributed by atoms with Crippen LogP contribution >= 0.6 is 11.8 Å². The number of benzene rings is 1. The fourth-order valence-electron chi connectivity index (χ4n) is 4.33. The van der Waals surface area contributed by atoms with Crippen molar-refractivity contribution in [3.8, 4) is 11.3 Å². The third kappa shape index (κ3) is 4.15. The van der Waals surface area contributed by atoms with Crippen molar-refractivity contribution >= 4 is 23.4 Å². The minimum atomic E-state index is -0.107. The van der Waals surface area contributed by atoms with Crippen LogP contribution in [0.3, 0.4) is 0 Å². The first-order chi connectivity index (χ1) is 14.8. The molecule has 5 rings (SSSR count). The number of thioether (sulfide) groups is 1. The highest BCUT2D eigenvalue weighted by Gasteiger charge is 2.21. The normalized spacial score (nSPS) is 16.4. The Kier molecular flexibility index (Phi) is 5.58. The largest absolute Gasteiger partial charge is 0.334 e. The Hall–Kier alpha value is -2.60. The molecule has 1 saturated carbocycles. The Balaban J connectivity index is 1.34. The maximum Gasteiger partial charge on any atom is 0.258 e. The lowest BCUT2D eigenvalue weighted by Gasteiger charge is -2.12. The van der Waals surface area contributed by atoms with Gasteiger partial charge in [0.05, 0.1) is 11.3 Å². The number of amides is 1. The van der Waals surface area contributed by atoms with Crippen LogP contribution in [0.1, 0.15) is 54.7 Å². The summed E-state index contributed by atoms with van der Waals surface area (Å²) in [5.74, 6) is 1.06. The summed E-state index contributed by atoms with van der Waals surface area (Å²) in [6.07, 6.45) is 12.3. The molecule has 30 heavy (non-hydrogen) atoms. The standard InChI is InChI=1S/C24H26N4OS/c29-23(20-11-6-13-25-24(20)30-19-9-1-2-10-19)26-18-8-5-7-17(15-18)21-16-28-14-4-3-12-22(28)27-21/h5-8,11,13,15-16,19H,1-4,9-10,12,14H2,(H,26,29). The summed E-state index contributed by atoms with van der Waals surface area (Å²) in [4.78, 5) is 22.3. The van der Waals surface area contributed by atoms with Gasteiger partial charge < -0.3 is 9.88 Å². The summed E-state index contributed by atoms with van der Waals surface area (Å²) >= 11 is 1.75. The number of aryl methyl sites for hydroxylation is 2. The van der Waals surface area contributed by atoms with Crippen molar-refractivity contribution in [3.63, 3.8) is 0 Å². The number of fused-ring (bicyclic) bond motifs is 1. The average Bonchev–Trinajstić information content (AvgIpc) is 3.44. The minimum absolute atomic E-state index is 0.107. The average molecular weight is 419 g/mol. The van der Waals surface area contributed by atoms with Crippen molar-refractivity contribution in [2.45, 2.75) is 61.8 Å². The molecule has 1 aromatic carbocycles. The quantitative estimate of drug-likeness (QED) is 0.589. The van der Waals surface area contributed by atoms with Gasteiger partial charge in [-0.25, -0.2) is 9.97 Å². The molecule has 1 amide bonds. The third-order valence-corrected chi connectivity index (χ3v) is 7.27. The van der Waals surface area contributed by atoms with Crippen LogP contribution < -0.4 is 5.32 Å². The summed E-state index contributed by atoms with van der Waals surface area (Å²) in [6.45, 7) is 1.04. The predicted molar refractivity (Wildman–Crippen MR) is 121 cm³/mol. The third-order valence-electron chi connectivity index (χ3n) is 5.92. The fourth-order valence-corrected chi connectivity index (χ4v) is 5.62. The van der Waals surface area contributed by atoms with Crippen LogP contribution in [0.4, 0.5) is 5.69 Å². The molecule has 154 valence electrons. The van der Waals surface area contributed by atoms with Crippen molar-refractivity contribution in [2.24, 2.45) is 0 Å². The molecule has 2 aliphatic rings. The van der Waals surface area contributed by atoms with Crippen LogP contribution in [0.15, 0.2) is 53.8 Å². The topological polar surface area (TPSA) is 59.8 Å². The second-order valence-corrected chi connectivity index (χ2v) is 9.40. The zero-order valence-corrected chi connectivity index (χ0v) is 17.8. The lowest BCUT2D eigenvalue weighted by Crippen LogP contribution is -2.14. The molecular weight excluding hydrogens is 392 g/mol. The number of aromatic nitrogens is 3. The summed E-state index contributed by atoms with van der Waals surface area (Å²) in [5, 5.41) is 4.47. The molecule has 6 heteroatoms. The number of nitrogens with one attached hydrogen (secondary N) is 1. The van der Waals surface area contributed by atoms with E-state index in [4.69, 9.17) is 4.98 Å². The summed E-state index contributed by atoms with van der Waals surface area (Å²) in [7, 11) is 0. The smallest absolute Gasteiger partial charge is 0.258 e. The molecule has 1 aliphatic carbocycles. The monoisotopic (exact) mass is 418 g/mol. The van der Waals surface area contributed by atoms with Gasteiger partial charge in [-0.1, -0.05) is 25.0 Å². The molecule has 0 unspecified atom stereocenters. The van der Waals surface area contributed by atoms with Gasteiger partial charge in [0.25, 0.3) is 5.91 Å². The van der Waals surface area contributed by atoms with Crippen LogP contribution in [-0.2, 0) is 13.0 Å². The van der Waals surface area contributed by atoms with E-state index in [1.165, 1.54) is 38.5 Å². The van der Waals surface area contributed by atoms with Gasteiger partial charge in [0.1, 0.15) is 10.9 Å². The van der Waals surface area contributed by atoms with E-state index >= 15 is 0 Å². The van der Waals surface area contributed by atoms with Crippen molar-refractivity contribution in [2.75, 3.05) is 5.32 Å². The first kappa shape index (κ1) is 19.4. The number of hydrogen-bond acceptors (Lipinski definition) is 4. The van der Waals surface area contributed by atoms with Gasteiger partial charge in [-0.05, 0) is 49.9 Å². The zero-order chi connectivity index (χ0) is 20.3. The van der Waals surface area contributed by atoms with Crippen LogP contribution in [0.5, 0.6) is 0 Å². The van der Waals surface area contributed by atoms with Crippen LogP contribution in [0.25, 0.3) is 11.3 Å². The number of rotatable bonds is 5. The molecule has 0 spiro atoms.